The van der Waals surface area contributed by atoms with Crippen LogP contribution in [0.25, 0.3) is 0 Å². The normalized spacial score (nSPS) is 30.4. The van der Waals surface area contributed by atoms with E-state index in [4.69, 9.17) is 10.8 Å². The molecule has 0 aromatic carbocycles. The van der Waals surface area contributed by atoms with Gasteiger partial charge in [0.15, 0.2) is 0 Å². The van der Waals surface area contributed by atoms with Gasteiger partial charge in [-0.2, -0.15) is 0 Å². The topological polar surface area (TPSA) is 66.6 Å². The summed E-state index contributed by atoms with van der Waals surface area (Å²) in [5.74, 6) is 0. The van der Waals surface area contributed by atoms with Crippen molar-refractivity contribution in [1.29, 1.82) is 0 Å². The Morgan fingerprint density at radius 1 is 1.64 bits per heavy atom. The zero-order chi connectivity index (χ0) is 8.43. The van der Waals surface area contributed by atoms with Crippen molar-refractivity contribution in [2.24, 2.45) is 5.73 Å². The third kappa shape index (κ3) is 1.83. The summed E-state index contributed by atoms with van der Waals surface area (Å²) in [6.45, 7) is 0. The lowest BCUT2D eigenvalue weighted by atomic mass is 10.2. The van der Waals surface area contributed by atoms with Crippen LogP contribution >= 0.6 is 0 Å². The molecule has 0 aromatic rings. The van der Waals surface area contributed by atoms with Gasteiger partial charge in [0.2, 0.25) is 0 Å². The van der Waals surface area contributed by atoms with Crippen molar-refractivity contribution in [3.8, 4) is 0 Å². The van der Waals surface area contributed by atoms with Crippen LogP contribution in [0, 0.1) is 0 Å². The first kappa shape index (κ1) is 8.33. The maximum absolute atomic E-state index is 10.5. The molecule has 0 aliphatic heterocycles. The van der Waals surface area contributed by atoms with E-state index in [1.54, 1.807) is 7.05 Å². The highest BCUT2D eigenvalue weighted by Crippen LogP contribution is 2.21. The van der Waals surface area contributed by atoms with Gasteiger partial charge >= 0.3 is 6.09 Å². The summed E-state index contributed by atoms with van der Waals surface area (Å²) < 4.78 is 0. The maximum atomic E-state index is 10.5. The highest BCUT2D eigenvalue weighted by Gasteiger charge is 2.27. The smallest absolute Gasteiger partial charge is 0.407 e. The van der Waals surface area contributed by atoms with Crippen LogP contribution in [0.2, 0.25) is 0 Å². The zero-order valence-corrected chi connectivity index (χ0v) is 6.66. The lowest BCUT2D eigenvalue weighted by molar-refractivity contribution is 0.139. The number of rotatable bonds is 1. The summed E-state index contributed by atoms with van der Waals surface area (Å²) in [6, 6.07) is 0.337. The molecule has 0 aromatic heterocycles. The summed E-state index contributed by atoms with van der Waals surface area (Å²) >= 11 is 0. The predicted molar refractivity (Wildman–Crippen MR) is 41.4 cm³/mol. The van der Waals surface area contributed by atoms with Crippen LogP contribution in [0.1, 0.15) is 19.3 Å². The van der Waals surface area contributed by atoms with E-state index in [0.29, 0.717) is 0 Å². The summed E-state index contributed by atoms with van der Waals surface area (Å²) in [5.41, 5.74) is 5.64. The first-order chi connectivity index (χ1) is 5.11. The molecule has 64 valence electrons. The fourth-order valence-corrected chi connectivity index (χ4v) is 1.50. The van der Waals surface area contributed by atoms with Crippen LogP contribution < -0.4 is 5.73 Å². The van der Waals surface area contributed by atoms with Crippen molar-refractivity contribution in [3.05, 3.63) is 0 Å². The predicted octanol–water partition coefficient (Wildman–Crippen LogP) is 0.476. The van der Waals surface area contributed by atoms with E-state index in [0.717, 1.165) is 19.3 Å². The Balaban J connectivity index is 2.43. The molecule has 0 spiro atoms. The third-order valence-corrected chi connectivity index (χ3v) is 2.29. The van der Waals surface area contributed by atoms with Gasteiger partial charge in [-0.25, -0.2) is 4.79 Å². The number of carboxylic acid groups (broad SMARTS) is 1. The molecular formula is C7H14N2O2. The monoisotopic (exact) mass is 158 g/mol. The second kappa shape index (κ2) is 3.09. The maximum Gasteiger partial charge on any atom is 0.407 e. The Kier molecular flexibility index (Phi) is 2.34. The highest BCUT2D eigenvalue weighted by atomic mass is 16.4. The molecule has 0 heterocycles. The molecule has 3 N–H and O–H groups in total. The lowest BCUT2D eigenvalue weighted by Gasteiger charge is -2.20. The van der Waals surface area contributed by atoms with E-state index < -0.39 is 6.09 Å². The van der Waals surface area contributed by atoms with Gasteiger partial charge in [-0.15, -0.1) is 0 Å². The Hall–Kier alpha value is -0.770. The zero-order valence-electron chi connectivity index (χ0n) is 6.66. The van der Waals surface area contributed by atoms with E-state index in [1.807, 2.05) is 0 Å². The van der Waals surface area contributed by atoms with Crippen LogP contribution in [0.3, 0.4) is 0 Å². The average Bonchev–Trinajstić information content (AvgIpc) is 2.34. The molecule has 0 radical (unpaired) electrons. The van der Waals surface area contributed by atoms with Gasteiger partial charge in [-0.05, 0) is 19.3 Å². The third-order valence-electron chi connectivity index (χ3n) is 2.29. The molecule has 11 heavy (non-hydrogen) atoms. The minimum Gasteiger partial charge on any atom is -0.465 e. The molecule has 1 saturated carbocycles. The van der Waals surface area contributed by atoms with Crippen molar-refractivity contribution < 1.29 is 9.90 Å². The second-order valence-electron chi connectivity index (χ2n) is 3.12. The van der Waals surface area contributed by atoms with Gasteiger partial charge in [0, 0.05) is 19.1 Å². The van der Waals surface area contributed by atoms with Gasteiger partial charge in [0.05, 0.1) is 0 Å². The molecule has 1 amide bonds. The van der Waals surface area contributed by atoms with E-state index in [-0.39, 0.29) is 12.1 Å². The molecule has 2 atom stereocenters. The molecule has 4 heteroatoms. The first-order valence-electron chi connectivity index (χ1n) is 3.82. The van der Waals surface area contributed by atoms with Crippen LogP contribution in [0.5, 0.6) is 0 Å². The van der Waals surface area contributed by atoms with Gasteiger partial charge in [0.25, 0.3) is 0 Å². The van der Waals surface area contributed by atoms with E-state index in [1.165, 1.54) is 4.90 Å². The molecule has 1 rings (SSSR count). The molecule has 4 nitrogen and oxygen atoms in total. The number of nitrogens with two attached hydrogens (primary N) is 1. The van der Waals surface area contributed by atoms with E-state index >= 15 is 0 Å². The quantitative estimate of drug-likeness (QED) is 0.583. The molecule has 0 unspecified atom stereocenters. The van der Waals surface area contributed by atoms with Gasteiger partial charge in [-0.1, -0.05) is 0 Å². The number of nitrogens with zero attached hydrogens (tertiary/aromatic N) is 1. The standard InChI is InChI=1S/C7H14N2O2/c1-9(7(10)11)6-3-2-5(8)4-6/h5-6H,2-4,8H2,1H3,(H,10,11)/t5-,6+/m0/s1. The lowest BCUT2D eigenvalue weighted by Crippen LogP contribution is -2.35. The minimum absolute atomic E-state index is 0.141. The average molecular weight is 158 g/mol. The Morgan fingerprint density at radius 2 is 2.27 bits per heavy atom. The Bertz CT molecular complexity index is 161. The largest absolute Gasteiger partial charge is 0.465 e. The summed E-state index contributed by atoms with van der Waals surface area (Å²) in [5, 5.41) is 8.61. The summed E-state index contributed by atoms with van der Waals surface area (Å²) in [6.07, 6.45) is 1.80. The van der Waals surface area contributed by atoms with Crippen molar-refractivity contribution in [2.45, 2.75) is 31.3 Å². The summed E-state index contributed by atoms with van der Waals surface area (Å²) in [7, 11) is 1.60. The number of carbonyl (C=O) groups is 1. The van der Waals surface area contributed by atoms with Crippen molar-refractivity contribution >= 4 is 6.09 Å². The van der Waals surface area contributed by atoms with Crippen molar-refractivity contribution in [1.82, 2.24) is 4.90 Å². The van der Waals surface area contributed by atoms with Crippen LogP contribution in [0.4, 0.5) is 4.79 Å². The summed E-state index contributed by atoms with van der Waals surface area (Å²) in [4.78, 5) is 11.8. The second-order valence-corrected chi connectivity index (χ2v) is 3.12. The van der Waals surface area contributed by atoms with Crippen molar-refractivity contribution in [2.75, 3.05) is 7.05 Å². The van der Waals surface area contributed by atoms with Gasteiger partial charge in [0.1, 0.15) is 0 Å². The SMILES string of the molecule is CN(C(=O)O)[C@@H]1CC[C@H](N)C1. The fraction of sp³-hybridized carbons (Fsp3) is 0.857. The Morgan fingerprint density at radius 3 is 2.64 bits per heavy atom. The molecule has 0 saturated heterocycles. The van der Waals surface area contributed by atoms with Gasteiger partial charge in [-0.3, -0.25) is 0 Å². The highest BCUT2D eigenvalue weighted by molar-refractivity contribution is 5.65. The molecule has 1 fully saturated rings. The molecular weight excluding hydrogens is 144 g/mol. The van der Waals surface area contributed by atoms with E-state index in [2.05, 4.69) is 0 Å². The van der Waals surface area contributed by atoms with E-state index in [9.17, 15) is 4.79 Å². The molecule has 0 bridgehead atoms. The van der Waals surface area contributed by atoms with Crippen molar-refractivity contribution in [3.63, 3.8) is 0 Å². The first-order valence-corrected chi connectivity index (χ1v) is 3.82. The van der Waals surface area contributed by atoms with Crippen LogP contribution in [-0.2, 0) is 0 Å². The van der Waals surface area contributed by atoms with Gasteiger partial charge < -0.3 is 15.7 Å². The van der Waals surface area contributed by atoms with Crippen LogP contribution in [-0.4, -0.2) is 35.2 Å². The number of amides is 1. The molecule has 1 aliphatic rings. The fourth-order valence-electron chi connectivity index (χ4n) is 1.50. The number of hydrogen-bond acceptors (Lipinski definition) is 2. The Labute approximate surface area is 66.0 Å². The van der Waals surface area contributed by atoms with Crippen LogP contribution in [0.15, 0.2) is 0 Å². The minimum atomic E-state index is -0.857. The number of hydrogen-bond donors (Lipinski definition) is 2. The molecule has 1 aliphatic carbocycles.